The van der Waals surface area contributed by atoms with Crippen molar-refractivity contribution in [2.45, 2.75) is 0 Å². The molecule has 14 heteroatoms. The molecule has 0 unspecified atom stereocenters. The van der Waals surface area contributed by atoms with Crippen LogP contribution in [-0.2, 0) is 4.79 Å². The zero-order valence-electron chi connectivity index (χ0n) is 19.6. The third kappa shape index (κ3) is 6.58. The number of amides is 2. The number of benzene rings is 3. The summed E-state index contributed by atoms with van der Waals surface area (Å²) in [5.41, 5.74) is -1.25. The molecule has 39 heavy (non-hydrogen) atoms. The molecule has 0 atom stereocenters. The Bertz CT molecular complexity index is 1510. The fourth-order valence-electron chi connectivity index (χ4n) is 3.41. The van der Waals surface area contributed by atoms with Gasteiger partial charge in [-0.05, 0) is 47.7 Å². The highest BCUT2D eigenvalue weighted by Crippen LogP contribution is 2.33. The Kier molecular flexibility index (Phi) is 8.22. The summed E-state index contributed by atoms with van der Waals surface area (Å²) in [5.74, 6) is -1.15. The molecule has 1 aliphatic heterocycles. The maximum atomic E-state index is 12.8. The number of nitrogens with zero attached hydrogens (tertiary/aromatic N) is 3. The molecular weight excluding hydrogens is 554 g/mol. The van der Waals surface area contributed by atoms with Gasteiger partial charge in [0.1, 0.15) is 18.1 Å². The normalized spacial score (nSPS) is 14.0. The molecule has 4 rings (SSSR count). The SMILES string of the molecule is O=C(Oc1cccc(/C=C2\SC(=O)N(CCOc3ccccc3Cl)C2=O)c1)c1cc([N+](=O)[O-])cc([N+](=O)[O-])c1. The van der Waals surface area contributed by atoms with Crippen LogP contribution in [0.5, 0.6) is 11.5 Å². The van der Waals surface area contributed by atoms with Gasteiger partial charge in [-0.3, -0.25) is 34.7 Å². The van der Waals surface area contributed by atoms with E-state index in [4.69, 9.17) is 21.1 Å². The molecule has 0 bridgehead atoms. The molecule has 0 radical (unpaired) electrons. The van der Waals surface area contributed by atoms with E-state index in [9.17, 15) is 34.6 Å². The predicted octanol–water partition coefficient (Wildman–Crippen LogP) is 5.49. The lowest BCUT2D eigenvalue weighted by molar-refractivity contribution is -0.394. The first kappa shape index (κ1) is 27.3. The summed E-state index contributed by atoms with van der Waals surface area (Å²) < 4.78 is 10.8. The second kappa shape index (κ2) is 11.8. The first-order valence-corrected chi connectivity index (χ1v) is 12.2. The summed E-state index contributed by atoms with van der Waals surface area (Å²) in [6.45, 7) is 0.0382. The van der Waals surface area contributed by atoms with E-state index in [1.807, 2.05) is 0 Å². The molecule has 3 aromatic carbocycles. The van der Waals surface area contributed by atoms with Crippen LogP contribution in [0.1, 0.15) is 15.9 Å². The second-order valence-electron chi connectivity index (χ2n) is 7.83. The molecule has 0 aliphatic carbocycles. The Hall–Kier alpha value is -4.75. The zero-order chi connectivity index (χ0) is 28.1. The summed E-state index contributed by atoms with van der Waals surface area (Å²) in [6, 6.07) is 15.2. The Morgan fingerprint density at radius 1 is 0.974 bits per heavy atom. The van der Waals surface area contributed by atoms with Gasteiger partial charge in [0, 0.05) is 12.1 Å². The monoisotopic (exact) mass is 569 g/mol. The van der Waals surface area contributed by atoms with Gasteiger partial charge < -0.3 is 9.47 Å². The Balaban J connectivity index is 1.45. The third-order valence-electron chi connectivity index (χ3n) is 5.21. The highest BCUT2D eigenvalue weighted by atomic mass is 35.5. The molecule has 2 amide bonds. The predicted molar refractivity (Wildman–Crippen MR) is 141 cm³/mol. The molecule has 1 heterocycles. The van der Waals surface area contributed by atoms with E-state index < -0.39 is 38.3 Å². The fourth-order valence-corrected chi connectivity index (χ4v) is 4.47. The first-order chi connectivity index (χ1) is 18.6. The Morgan fingerprint density at radius 3 is 2.33 bits per heavy atom. The van der Waals surface area contributed by atoms with Gasteiger partial charge in [-0.15, -0.1) is 0 Å². The number of nitro benzene ring substituents is 2. The molecular formula is C25H16ClN3O9S. The number of thioether (sulfide) groups is 1. The van der Waals surface area contributed by atoms with Crippen LogP contribution in [-0.4, -0.2) is 45.0 Å². The average Bonchev–Trinajstić information content (AvgIpc) is 3.16. The van der Waals surface area contributed by atoms with Crippen LogP contribution in [0.15, 0.2) is 71.6 Å². The van der Waals surface area contributed by atoms with Gasteiger partial charge in [-0.1, -0.05) is 35.9 Å². The number of carbonyl (C=O) groups excluding carboxylic acids is 3. The van der Waals surface area contributed by atoms with Crippen molar-refractivity contribution in [2.75, 3.05) is 13.2 Å². The number of imide groups is 1. The van der Waals surface area contributed by atoms with Crippen molar-refractivity contribution in [2.24, 2.45) is 0 Å². The lowest BCUT2D eigenvalue weighted by atomic mass is 10.1. The molecule has 12 nitrogen and oxygen atoms in total. The number of esters is 1. The lowest BCUT2D eigenvalue weighted by Crippen LogP contribution is -2.32. The number of para-hydroxylation sites is 1. The van der Waals surface area contributed by atoms with Crippen LogP contribution in [0.4, 0.5) is 16.2 Å². The molecule has 198 valence electrons. The van der Waals surface area contributed by atoms with Gasteiger partial charge >= 0.3 is 5.97 Å². The van der Waals surface area contributed by atoms with Gasteiger partial charge in [0.15, 0.2) is 0 Å². The first-order valence-electron chi connectivity index (χ1n) is 11.0. The van der Waals surface area contributed by atoms with Gasteiger partial charge in [0.2, 0.25) is 0 Å². The molecule has 0 saturated carbocycles. The van der Waals surface area contributed by atoms with Crippen LogP contribution < -0.4 is 9.47 Å². The minimum Gasteiger partial charge on any atom is -0.490 e. The zero-order valence-corrected chi connectivity index (χ0v) is 21.2. The van der Waals surface area contributed by atoms with Crippen LogP contribution in [0.25, 0.3) is 6.08 Å². The standard InChI is InChI=1S/C25H16ClN3O9S/c26-20-6-1-2-7-21(20)37-9-8-27-23(30)22(39-25(27)32)11-15-4-3-5-19(10-15)38-24(31)16-12-17(28(33)34)14-18(13-16)29(35)36/h1-7,10-14H,8-9H2/b22-11-. The van der Waals surface area contributed by atoms with E-state index in [0.29, 0.717) is 16.3 Å². The van der Waals surface area contributed by atoms with Crippen molar-refractivity contribution in [3.05, 3.63) is 108 Å². The van der Waals surface area contributed by atoms with Crippen molar-refractivity contribution >= 4 is 57.9 Å². The van der Waals surface area contributed by atoms with E-state index in [-0.39, 0.29) is 29.4 Å². The van der Waals surface area contributed by atoms with E-state index in [0.717, 1.165) is 34.9 Å². The third-order valence-corrected chi connectivity index (χ3v) is 6.43. The summed E-state index contributed by atoms with van der Waals surface area (Å²) in [4.78, 5) is 59.4. The summed E-state index contributed by atoms with van der Waals surface area (Å²) in [7, 11) is 0. The fraction of sp³-hybridized carbons (Fsp3) is 0.0800. The van der Waals surface area contributed by atoms with Crippen molar-refractivity contribution in [3.63, 3.8) is 0 Å². The van der Waals surface area contributed by atoms with Gasteiger partial charge in [0.25, 0.3) is 22.5 Å². The number of non-ortho nitro benzene ring substituents is 2. The minimum atomic E-state index is -1.06. The van der Waals surface area contributed by atoms with Crippen LogP contribution in [0.3, 0.4) is 0 Å². The van der Waals surface area contributed by atoms with Gasteiger partial charge in [-0.25, -0.2) is 4.79 Å². The summed E-state index contributed by atoms with van der Waals surface area (Å²) in [6.07, 6.45) is 1.44. The highest BCUT2D eigenvalue weighted by molar-refractivity contribution is 8.18. The average molecular weight is 570 g/mol. The van der Waals surface area contributed by atoms with Crippen molar-refractivity contribution in [3.8, 4) is 11.5 Å². The Labute approximate surface area is 229 Å². The van der Waals surface area contributed by atoms with Crippen molar-refractivity contribution in [1.29, 1.82) is 0 Å². The topological polar surface area (TPSA) is 159 Å². The quantitative estimate of drug-likeness (QED) is 0.106. The second-order valence-corrected chi connectivity index (χ2v) is 9.23. The Morgan fingerprint density at radius 2 is 1.67 bits per heavy atom. The van der Waals surface area contributed by atoms with E-state index in [1.54, 1.807) is 30.3 Å². The van der Waals surface area contributed by atoms with Gasteiger partial charge in [0.05, 0.1) is 37.9 Å². The van der Waals surface area contributed by atoms with E-state index >= 15 is 0 Å². The van der Waals surface area contributed by atoms with Crippen molar-refractivity contribution < 1.29 is 33.7 Å². The van der Waals surface area contributed by atoms with Crippen LogP contribution in [0.2, 0.25) is 5.02 Å². The summed E-state index contributed by atoms with van der Waals surface area (Å²) in [5, 5.41) is 22.1. The molecule has 1 fully saturated rings. The molecule has 0 spiro atoms. The number of rotatable bonds is 9. The largest absolute Gasteiger partial charge is 0.490 e. The molecule has 3 aromatic rings. The maximum Gasteiger partial charge on any atom is 0.344 e. The highest BCUT2D eigenvalue weighted by Gasteiger charge is 2.34. The summed E-state index contributed by atoms with van der Waals surface area (Å²) >= 11 is 6.77. The number of hydrogen-bond acceptors (Lipinski definition) is 10. The molecule has 0 N–H and O–H groups in total. The maximum absolute atomic E-state index is 12.8. The van der Waals surface area contributed by atoms with Gasteiger partial charge in [-0.2, -0.15) is 0 Å². The number of nitro groups is 2. The van der Waals surface area contributed by atoms with E-state index in [2.05, 4.69) is 0 Å². The number of carbonyl (C=O) groups is 3. The minimum absolute atomic E-state index is 0.000230. The number of halogens is 1. The van der Waals surface area contributed by atoms with Crippen LogP contribution in [0, 0.1) is 20.2 Å². The molecule has 1 aliphatic rings. The number of hydrogen-bond donors (Lipinski definition) is 0. The van der Waals surface area contributed by atoms with Crippen LogP contribution >= 0.6 is 23.4 Å². The molecule has 0 aromatic heterocycles. The number of ether oxygens (including phenoxy) is 2. The van der Waals surface area contributed by atoms with Crippen molar-refractivity contribution in [1.82, 2.24) is 4.90 Å². The smallest absolute Gasteiger partial charge is 0.344 e. The molecule has 1 saturated heterocycles. The van der Waals surface area contributed by atoms with E-state index in [1.165, 1.54) is 24.3 Å². The lowest BCUT2D eigenvalue weighted by Gasteiger charge is -2.13.